The van der Waals surface area contributed by atoms with Crippen molar-refractivity contribution in [2.45, 2.75) is 20.8 Å². The molecule has 0 aliphatic rings. The normalized spacial score (nSPS) is 11.2. The van der Waals surface area contributed by atoms with E-state index in [0.29, 0.717) is 18.1 Å². The summed E-state index contributed by atoms with van der Waals surface area (Å²) in [6.07, 6.45) is 1.72. The third-order valence-electron chi connectivity index (χ3n) is 2.42. The van der Waals surface area contributed by atoms with Gasteiger partial charge in [0.05, 0.1) is 11.1 Å². The highest BCUT2D eigenvalue weighted by atomic mass is 16.1. The van der Waals surface area contributed by atoms with Gasteiger partial charge in [-0.3, -0.25) is 4.79 Å². The molecule has 5 heteroatoms. The number of nitrogens with zero attached hydrogens (tertiary/aromatic N) is 1. The molecule has 5 nitrogen and oxygen atoms in total. The van der Waals surface area contributed by atoms with Crippen LogP contribution in [-0.2, 0) is 4.79 Å². The second-order valence-electron chi connectivity index (χ2n) is 4.55. The zero-order valence-electron chi connectivity index (χ0n) is 9.87. The Labute approximate surface area is 95.2 Å². The maximum absolute atomic E-state index is 11.1. The molecule has 0 saturated carbocycles. The van der Waals surface area contributed by atoms with Gasteiger partial charge in [0.15, 0.2) is 0 Å². The molecule has 0 saturated heterocycles. The lowest BCUT2D eigenvalue weighted by atomic mass is 9.93. The summed E-state index contributed by atoms with van der Waals surface area (Å²) in [5, 5.41) is 3.02. The van der Waals surface area contributed by atoms with Crippen LogP contribution in [0.25, 0.3) is 0 Å². The molecule has 0 bridgehead atoms. The summed E-state index contributed by atoms with van der Waals surface area (Å²) >= 11 is 0. The molecule has 88 valence electrons. The molecular formula is C11H18N4O. The Morgan fingerprint density at radius 1 is 1.56 bits per heavy atom. The number of pyridine rings is 1. The molecule has 0 aliphatic heterocycles. The third-order valence-corrected chi connectivity index (χ3v) is 2.42. The highest BCUT2D eigenvalue weighted by Crippen LogP contribution is 2.19. The minimum Gasteiger partial charge on any atom is -0.396 e. The Morgan fingerprint density at radius 2 is 2.19 bits per heavy atom. The van der Waals surface area contributed by atoms with Gasteiger partial charge in [-0.2, -0.15) is 0 Å². The molecule has 1 aromatic heterocycles. The van der Waals surface area contributed by atoms with Crippen molar-refractivity contribution in [3.63, 3.8) is 0 Å². The average Bonchev–Trinajstić information content (AvgIpc) is 2.16. The SMILES string of the molecule is Cc1cnc(NCC(C)(C)C(N)=O)c(N)c1. The van der Waals surface area contributed by atoms with E-state index < -0.39 is 5.41 Å². The quantitative estimate of drug-likeness (QED) is 0.705. The minimum atomic E-state index is -0.626. The van der Waals surface area contributed by atoms with Crippen LogP contribution in [0.1, 0.15) is 19.4 Å². The Morgan fingerprint density at radius 3 is 2.69 bits per heavy atom. The van der Waals surface area contributed by atoms with Gasteiger partial charge < -0.3 is 16.8 Å². The number of nitrogens with one attached hydrogen (secondary N) is 1. The first-order chi connectivity index (χ1) is 7.33. The number of carbonyl (C=O) groups excluding carboxylic acids is 1. The van der Waals surface area contributed by atoms with E-state index in [4.69, 9.17) is 11.5 Å². The van der Waals surface area contributed by atoms with E-state index in [0.717, 1.165) is 5.56 Å². The third kappa shape index (κ3) is 2.85. The van der Waals surface area contributed by atoms with Gasteiger partial charge in [-0.15, -0.1) is 0 Å². The van der Waals surface area contributed by atoms with Gasteiger partial charge in [-0.1, -0.05) is 0 Å². The number of primary amides is 1. The molecule has 0 radical (unpaired) electrons. The second-order valence-corrected chi connectivity index (χ2v) is 4.55. The van der Waals surface area contributed by atoms with Gasteiger partial charge in [0.2, 0.25) is 5.91 Å². The molecule has 0 spiro atoms. The van der Waals surface area contributed by atoms with Crippen LogP contribution in [0.4, 0.5) is 11.5 Å². The van der Waals surface area contributed by atoms with E-state index in [9.17, 15) is 4.79 Å². The molecule has 0 aliphatic carbocycles. The maximum Gasteiger partial charge on any atom is 0.224 e. The van der Waals surface area contributed by atoms with Crippen molar-refractivity contribution in [3.05, 3.63) is 17.8 Å². The number of hydrogen-bond acceptors (Lipinski definition) is 4. The van der Waals surface area contributed by atoms with E-state index in [1.807, 2.05) is 13.0 Å². The molecule has 1 aromatic rings. The summed E-state index contributed by atoms with van der Waals surface area (Å²) in [5.74, 6) is 0.227. The van der Waals surface area contributed by atoms with Gasteiger partial charge in [0.25, 0.3) is 0 Å². The smallest absolute Gasteiger partial charge is 0.224 e. The van der Waals surface area contributed by atoms with E-state index in [2.05, 4.69) is 10.3 Å². The lowest BCUT2D eigenvalue weighted by Crippen LogP contribution is -2.37. The molecule has 0 atom stereocenters. The first-order valence-corrected chi connectivity index (χ1v) is 5.09. The number of aryl methyl sites for hydroxylation is 1. The lowest BCUT2D eigenvalue weighted by Gasteiger charge is -2.21. The number of nitrogen functional groups attached to an aromatic ring is 1. The lowest BCUT2D eigenvalue weighted by molar-refractivity contribution is -0.125. The predicted octanol–water partition coefficient (Wildman–Crippen LogP) is 0.896. The van der Waals surface area contributed by atoms with Gasteiger partial charge in [0, 0.05) is 12.7 Å². The van der Waals surface area contributed by atoms with E-state index in [1.165, 1.54) is 0 Å². The van der Waals surface area contributed by atoms with Gasteiger partial charge >= 0.3 is 0 Å². The van der Waals surface area contributed by atoms with Crippen molar-refractivity contribution in [1.29, 1.82) is 0 Å². The first kappa shape index (κ1) is 12.3. The Balaban J connectivity index is 2.72. The Hall–Kier alpha value is -1.78. The van der Waals surface area contributed by atoms with Crippen molar-refractivity contribution in [3.8, 4) is 0 Å². The molecule has 1 heterocycles. The van der Waals surface area contributed by atoms with Crippen LogP contribution in [0.3, 0.4) is 0 Å². The van der Waals surface area contributed by atoms with Gasteiger partial charge in [-0.25, -0.2) is 4.98 Å². The molecule has 1 amide bonds. The van der Waals surface area contributed by atoms with E-state index >= 15 is 0 Å². The van der Waals surface area contributed by atoms with Gasteiger partial charge in [-0.05, 0) is 32.4 Å². The monoisotopic (exact) mass is 222 g/mol. The zero-order valence-corrected chi connectivity index (χ0v) is 9.87. The molecule has 0 aromatic carbocycles. The Bertz CT molecular complexity index is 401. The fraction of sp³-hybridized carbons (Fsp3) is 0.455. The summed E-state index contributed by atoms with van der Waals surface area (Å²) in [6, 6.07) is 1.83. The van der Waals surface area contributed by atoms with E-state index in [1.54, 1.807) is 20.0 Å². The first-order valence-electron chi connectivity index (χ1n) is 5.09. The van der Waals surface area contributed by atoms with Crippen molar-refractivity contribution in [2.75, 3.05) is 17.6 Å². The summed E-state index contributed by atoms with van der Waals surface area (Å²) in [6.45, 7) is 5.86. The topological polar surface area (TPSA) is 94.0 Å². The van der Waals surface area contributed by atoms with Crippen molar-refractivity contribution < 1.29 is 4.79 Å². The fourth-order valence-electron chi connectivity index (χ4n) is 1.13. The highest BCUT2D eigenvalue weighted by Gasteiger charge is 2.24. The van der Waals surface area contributed by atoms with Gasteiger partial charge in [0.1, 0.15) is 5.82 Å². The number of nitrogens with two attached hydrogens (primary N) is 2. The van der Waals surface area contributed by atoms with Crippen molar-refractivity contribution >= 4 is 17.4 Å². The molecule has 16 heavy (non-hydrogen) atoms. The van der Waals surface area contributed by atoms with Crippen molar-refractivity contribution in [1.82, 2.24) is 4.98 Å². The van der Waals surface area contributed by atoms with Crippen LogP contribution < -0.4 is 16.8 Å². The Kier molecular flexibility index (Phi) is 3.37. The molecule has 0 fully saturated rings. The van der Waals surface area contributed by atoms with Crippen LogP contribution in [0.15, 0.2) is 12.3 Å². The molecular weight excluding hydrogens is 204 g/mol. The summed E-state index contributed by atoms with van der Waals surface area (Å²) in [5.41, 5.74) is 12.0. The van der Waals surface area contributed by atoms with Crippen LogP contribution in [0, 0.1) is 12.3 Å². The number of hydrogen-bond donors (Lipinski definition) is 3. The zero-order chi connectivity index (χ0) is 12.3. The molecule has 5 N–H and O–H groups in total. The average molecular weight is 222 g/mol. The number of anilines is 2. The fourth-order valence-corrected chi connectivity index (χ4v) is 1.13. The molecule has 0 unspecified atom stereocenters. The van der Waals surface area contributed by atoms with Crippen LogP contribution >= 0.6 is 0 Å². The highest BCUT2D eigenvalue weighted by molar-refractivity contribution is 5.80. The van der Waals surface area contributed by atoms with E-state index in [-0.39, 0.29) is 5.91 Å². The standard InChI is InChI=1S/C11H18N4O/c1-7-4-8(12)9(14-5-7)15-6-11(2,3)10(13)16/h4-5H,6,12H2,1-3H3,(H2,13,16)(H,14,15). The number of aromatic nitrogens is 1. The summed E-state index contributed by atoms with van der Waals surface area (Å²) < 4.78 is 0. The maximum atomic E-state index is 11.1. The summed E-state index contributed by atoms with van der Waals surface area (Å²) in [4.78, 5) is 15.3. The van der Waals surface area contributed by atoms with Crippen LogP contribution in [0.5, 0.6) is 0 Å². The minimum absolute atomic E-state index is 0.356. The van der Waals surface area contributed by atoms with Crippen LogP contribution in [0.2, 0.25) is 0 Å². The number of rotatable bonds is 4. The van der Waals surface area contributed by atoms with Crippen molar-refractivity contribution in [2.24, 2.45) is 11.1 Å². The predicted molar refractivity (Wildman–Crippen MR) is 64.9 cm³/mol. The second kappa shape index (κ2) is 4.38. The summed E-state index contributed by atoms with van der Waals surface area (Å²) in [7, 11) is 0. The largest absolute Gasteiger partial charge is 0.396 e. The molecule has 1 rings (SSSR count). The van der Waals surface area contributed by atoms with Crippen LogP contribution in [-0.4, -0.2) is 17.4 Å². The number of amides is 1. The number of carbonyl (C=O) groups is 1.